The summed E-state index contributed by atoms with van der Waals surface area (Å²) in [5.41, 5.74) is -0.462. The van der Waals surface area contributed by atoms with Crippen LogP contribution in [0.5, 0.6) is 0 Å². The second kappa shape index (κ2) is 7.82. The molecule has 0 atom stereocenters. The summed E-state index contributed by atoms with van der Waals surface area (Å²) >= 11 is 0. The third-order valence-corrected chi connectivity index (χ3v) is 3.07. The number of benzene rings is 1. The fourth-order valence-electron chi connectivity index (χ4n) is 1.75. The van der Waals surface area contributed by atoms with Crippen molar-refractivity contribution in [1.29, 1.82) is 0 Å². The van der Waals surface area contributed by atoms with E-state index in [1.54, 1.807) is 0 Å². The lowest BCUT2D eigenvalue weighted by atomic mass is 10.1. The van der Waals surface area contributed by atoms with Gasteiger partial charge in [-0.25, -0.2) is 13.2 Å². The fourth-order valence-corrected chi connectivity index (χ4v) is 1.75. The first-order valence-corrected chi connectivity index (χ1v) is 6.91. The highest BCUT2D eigenvalue weighted by molar-refractivity contribution is 5.94. The molecule has 0 unspecified atom stereocenters. The maximum atomic E-state index is 13.5. The number of anilines is 1. The van der Waals surface area contributed by atoms with Gasteiger partial charge in [0.2, 0.25) is 11.8 Å². The number of carbonyl (C=O) groups is 2. The minimum Gasteiger partial charge on any atom is -0.334 e. The van der Waals surface area contributed by atoms with Crippen molar-refractivity contribution in [3.8, 4) is 0 Å². The zero-order valence-corrected chi connectivity index (χ0v) is 12.8. The van der Waals surface area contributed by atoms with Crippen molar-refractivity contribution in [1.82, 2.24) is 4.90 Å². The Balaban J connectivity index is 2.72. The Morgan fingerprint density at radius 2 is 1.82 bits per heavy atom. The van der Waals surface area contributed by atoms with Crippen LogP contribution in [0.3, 0.4) is 0 Å². The Bertz CT molecular complexity index is 562. The molecule has 0 radical (unpaired) electrons. The van der Waals surface area contributed by atoms with Gasteiger partial charge in [-0.15, -0.1) is 0 Å². The van der Waals surface area contributed by atoms with Crippen LogP contribution in [-0.2, 0) is 9.59 Å². The third-order valence-electron chi connectivity index (χ3n) is 3.07. The molecule has 1 rings (SSSR count). The van der Waals surface area contributed by atoms with Crippen molar-refractivity contribution >= 4 is 17.5 Å². The van der Waals surface area contributed by atoms with E-state index in [-0.39, 0.29) is 12.5 Å². The number of nitrogens with one attached hydrogen (secondary N) is 1. The molecule has 0 aliphatic carbocycles. The molecule has 4 nitrogen and oxygen atoms in total. The summed E-state index contributed by atoms with van der Waals surface area (Å²) in [6.07, 6.45) is 0.715. The molecule has 1 N–H and O–H groups in total. The van der Waals surface area contributed by atoms with Crippen LogP contribution in [0.15, 0.2) is 12.1 Å². The molecule has 0 fully saturated rings. The quantitative estimate of drug-likeness (QED) is 0.820. The van der Waals surface area contributed by atoms with E-state index >= 15 is 0 Å². The highest BCUT2D eigenvalue weighted by Crippen LogP contribution is 2.19. The molecule has 0 heterocycles. The number of carbonyl (C=O) groups excluding carboxylic acids is 2. The zero-order valence-electron chi connectivity index (χ0n) is 12.8. The van der Waals surface area contributed by atoms with Gasteiger partial charge in [0.25, 0.3) is 0 Å². The molecule has 7 heteroatoms. The molecular formula is C15H19F3N2O2. The van der Waals surface area contributed by atoms with Gasteiger partial charge < -0.3 is 10.2 Å². The molecule has 0 aliphatic rings. The Morgan fingerprint density at radius 3 is 2.36 bits per heavy atom. The standard InChI is InChI=1S/C15H19F3N2O2/c1-9(2)6-7-20(10(3)21)8-13(22)19-12-5-4-11(16)14(17)15(12)18/h4-5,9H,6-8H2,1-3H3,(H,19,22). The van der Waals surface area contributed by atoms with E-state index in [0.717, 1.165) is 12.1 Å². The summed E-state index contributed by atoms with van der Waals surface area (Å²) in [5.74, 6) is -5.07. The Hall–Kier alpha value is -2.05. The Labute approximate surface area is 127 Å². The normalized spacial score (nSPS) is 10.7. The molecule has 0 saturated heterocycles. The lowest BCUT2D eigenvalue weighted by Gasteiger charge is -2.21. The third kappa shape index (κ3) is 5.05. The number of rotatable bonds is 6. The zero-order chi connectivity index (χ0) is 16.9. The van der Waals surface area contributed by atoms with Crippen LogP contribution < -0.4 is 5.32 Å². The van der Waals surface area contributed by atoms with Crippen LogP contribution in [0.1, 0.15) is 27.2 Å². The van der Waals surface area contributed by atoms with E-state index in [0.29, 0.717) is 18.9 Å². The van der Waals surface area contributed by atoms with Crippen LogP contribution >= 0.6 is 0 Å². The van der Waals surface area contributed by atoms with Crippen LogP contribution in [0.2, 0.25) is 0 Å². The van der Waals surface area contributed by atoms with E-state index in [2.05, 4.69) is 5.32 Å². The Morgan fingerprint density at radius 1 is 1.18 bits per heavy atom. The van der Waals surface area contributed by atoms with Gasteiger partial charge in [-0.2, -0.15) is 0 Å². The average Bonchev–Trinajstić information content (AvgIpc) is 2.43. The maximum absolute atomic E-state index is 13.5. The summed E-state index contributed by atoms with van der Waals surface area (Å²) < 4.78 is 39.3. The minimum absolute atomic E-state index is 0.277. The van der Waals surface area contributed by atoms with Crippen molar-refractivity contribution in [3.63, 3.8) is 0 Å². The van der Waals surface area contributed by atoms with E-state index < -0.39 is 29.0 Å². The van der Waals surface area contributed by atoms with Gasteiger partial charge in [-0.1, -0.05) is 13.8 Å². The van der Waals surface area contributed by atoms with Gasteiger partial charge in [0.05, 0.1) is 12.2 Å². The van der Waals surface area contributed by atoms with Gasteiger partial charge in [-0.3, -0.25) is 9.59 Å². The van der Waals surface area contributed by atoms with Crippen molar-refractivity contribution in [3.05, 3.63) is 29.6 Å². The minimum atomic E-state index is -1.65. The summed E-state index contributed by atoms with van der Waals surface area (Å²) in [4.78, 5) is 24.6. The predicted molar refractivity (Wildman–Crippen MR) is 76.7 cm³/mol. The molecule has 0 spiro atoms. The second-order valence-electron chi connectivity index (χ2n) is 5.39. The molecule has 0 bridgehead atoms. The number of hydrogen-bond donors (Lipinski definition) is 1. The largest absolute Gasteiger partial charge is 0.334 e. The SMILES string of the molecule is CC(=O)N(CCC(C)C)CC(=O)Nc1ccc(F)c(F)c1F. The molecule has 122 valence electrons. The van der Waals surface area contributed by atoms with E-state index in [1.807, 2.05) is 13.8 Å². The summed E-state index contributed by atoms with van der Waals surface area (Å²) in [7, 11) is 0. The first-order valence-electron chi connectivity index (χ1n) is 6.91. The molecule has 22 heavy (non-hydrogen) atoms. The van der Waals surface area contributed by atoms with Crippen LogP contribution in [-0.4, -0.2) is 29.8 Å². The maximum Gasteiger partial charge on any atom is 0.244 e. The van der Waals surface area contributed by atoms with E-state index in [4.69, 9.17) is 0 Å². The molecule has 0 saturated carbocycles. The summed E-state index contributed by atoms with van der Waals surface area (Å²) in [5, 5.41) is 2.14. The number of hydrogen-bond acceptors (Lipinski definition) is 2. The average molecular weight is 316 g/mol. The number of halogens is 3. The molecule has 0 aromatic heterocycles. The van der Waals surface area contributed by atoms with Crippen molar-refractivity contribution < 1.29 is 22.8 Å². The molecule has 0 aliphatic heterocycles. The van der Waals surface area contributed by atoms with Crippen LogP contribution in [0, 0.1) is 23.4 Å². The lowest BCUT2D eigenvalue weighted by molar-refractivity contribution is -0.132. The lowest BCUT2D eigenvalue weighted by Crippen LogP contribution is -2.37. The van der Waals surface area contributed by atoms with Crippen molar-refractivity contribution in [2.45, 2.75) is 27.2 Å². The highest BCUT2D eigenvalue weighted by atomic mass is 19.2. The molecule has 1 aromatic rings. The number of amides is 2. The first-order chi connectivity index (χ1) is 10.2. The van der Waals surface area contributed by atoms with E-state index in [1.165, 1.54) is 11.8 Å². The summed E-state index contributed by atoms with van der Waals surface area (Å²) in [6.45, 7) is 5.40. The Kier molecular flexibility index (Phi) is 6.39. The summed E-state index contributed by atoms with van der Waals surface area (Å²) in [6, 6.07) is 1.65. The van der Waals surface area contributed by atoms with Crippen LogP contribution in [0.25, 0.3) is 0 Å². The van der Waals surface area contributed by atoms with Gasteiger partial charge in [0, 0.05) is 13.5 Å². The van der Waals surface area contributed by atoms with Crippen molar-refractivity contribution in [2.24, 2.45) is 5.92 Å². The van der Waals surface area contributed by atoms with Crippen LogP contribution in [0.4, 0.5) is 18.9 Å². The van der Waals surface area contributed by atoms with Crippen molar-refractivity contribution in [2.75, 3.05) is 18.4 Å². The van der Waals surface area contributed by atoms with E-state index in [9.17, 15) is 22.8 Å². The van der Waals surface area contributed by atoms with Gasteiger partial charge >= 0.3 is 0 Å². The second-order valence-corrected chi connectivity index (χ2v) is 5.39. The fraction of sp³-hybridized carbons (Fsp3) is 0.467. The number of nitrogens with zero attached hydrogens (tertiary/aromatic N) is 1. The predicted octanol–water partition coefficient (Wildman–Crippen LogP) is 2.94. The highest BCUT2D eigenvalue weighted by Gasteiger charge is 2.18. The topological polar surface area (TPSA) is 49.4 Å². The smallest absolute Gasteiger partial charge is 0.244 e. The first kappa shape index (κ1) is 18.0. The molecule has 2 amide bonds. The van der Waals surface area contributed by atoms with Gasteiger partial charge in [-0.05, 0) is 24.5 Å². The monoisotopic (exact) mass is 316 g/mol. The molecule has 1 aromatic carbocycles. The van der Waals surface area contributed by atoms with Gasteiger partial charge in [0.1, 0.15) is 0 Å². The molecular weight excluding hydrogens is 297 g/mol. The van der Waals surface area contributed by atoms with Gasteiger partial charge in [0.15, 0.2) is 17.5 Å².